The van der Waals surface area contributed by atoms with Crippen molar-refractivity contribution in [1.82, 2.24) is 9.97 Å². The Morgan fingerprint density at radius 3 is 2.38 bits per heavy atom. The number of aromatic nitrogens is 2. The number of hydrogen-bond acceptors (Lipinski definition) is 2. The molecular formula is C18H17ClN2. The average Bonchev–Trinajstić information content (AvgIpc) is 2.46. The predicted octanol–water partition coefficient (Wildman–Crippen LogP) is 5.25. The second-order valence-corrected chi connectivity index (χ2v) is 6.56. The fraction of sp³-hybridized carbons (Fsp3) is 0.222. The van der Waals surface area contributed by atoms with Gasteiger partial charge < -0.3 is 0 Å². The first-order chi connectivity index (χ1) is 9.95. The van der Waals surface area contributed by atoms with Gasteiger partial charge in [-0.15, -0.1) is 0 Å². The van der Waals surface area contributed by atoms with Crippen molar-refractivity contribution in [2.24, 2.45) is 0 Å². The lowest BCUT2D eigenvalue weighted by Gasteiger charge is -2.19. The number of hydrogen-bond donors (Lipinski definition) is 0. The molecule has 3 rings (SSSR count). The van der Waals surface area contributed by atoms with Crippen molar-refractivity contribution in [3.05, 3.63) is 59.4 Å². The Morgan fingerprint density at radius 2 is 1.71 bits per heavy atom. The van der Waals surface area contributed by atoms with Gasteiger partial charge in [0.1, 0.15) is 5.15 Å². The molecule has 0 aliphatic rings. The molecule has 0 fully saturated rings. The summed E-state index contributed by atoms with van der Waals surface area (Å²) < 4.78 is 0. The van der Waals surface area contributed by atoms with Crippen molar-refractivity contribution < 1.29 is 0 Å². The van der Waals surface area contributed by atoms with E-state index < -0.39 is 0 Å². The van der Waals surface area contributed by atoms with Gasteiger partial charge in [0.2, 0.25) is 0 Å². The van der Waals surface area contributed by atoms with E-state index in [4.69, 9.17) is 11.6 Å². The Bertz CT molecular complexity index is 786. The number of pyridine rings is 2. The van der Waals surface area contributed by atoms with Gasteiger partial charge in [0, 0.05) is 17.1 Å². The minimum Gasteiger partial charge on any atom is -0.237 e. The summed E-state index contributed by atoms with van der Waals surface area (Å²) in [5.41, 5.74) is 4.15. The van der Waals surface area contributed by atoms with Gasteiger partial charge in [-0.2, -0.15) is 0 Å². The van der Waals surface area contributed by atoms with E-state index in [1.807, 2.05) is 18.2 Å². The maximum atomic E-state index is 6.32. The van der Waals surface area contributed by atoms with Crippen LogP contribution >= 0.6 is 11.6 Å². The molecule has 0 bridgehead atoms. The largest absolute Gasteiger partial charge is 0.237 e. The quantitative estimate of drug-likeness (QED) is 0.573. The minimum absolute atomic E-state index is 0.147. The number of benzene rings is 1. The van der Waals surface area contributed by atoms with Crippen LogP contribution in [0.2, 0.25) is 5.15 Å². The molecule has 0 spiro atoms. The molecule has 0 radical (unpaired) electrons. The smallest absolute Gasteiger partial charge is 0.160 e. The first-order valence-corrected chi connectivity index (χ1v) is 7.35. The van der Waals surface area contributed by atoms with Crippen LogP contribution in [0.15, 0.2) is 48.7 Å². The first kappa shape index (κ1) is 14.0. The second-order valence-electron chi connectivity index (χ2n) is 6.20. The van der Waals surface area contributed by atoms with Crippen molar-refractivity contribution in [2.45, 2.75) is 26.2 Å². The van der Waals surface area contributed by atoms with Crippen LogP contribution < -0.4 is 0 Å². The SMILES string of the molecule is CC(C)(C)c1ccc(-c2cc3cccnc3nc2Cl)cc1. The summed E-state index contributed by atoms with van der Waals surface area (Å²) in [6.45, 7) is 6.62. The van der Waals surface area contributed by atoms with Crippen molar-refractivity contribution in [1.29, 1.82) is 0 Å². The van der Waals surface area contributed by atoms with Gasteiger partial charge in [-0.3, -0.25) is 0 Å². The van der Waals surface area contributed by atoms with E-state index in [2.05, 4.69) is 55.0 Å². The van der Waals surface area contributed by atoms with Gasteiger partial charge in [0.15, 0.2) is 5.65 Å². The van der Waals surface area contributed by atoms with Crippen molar-refractivity contribution in [2.75, 3.05) is 0 Å². The molecule has 0 atom stereocenters. The van der Waals surface area contributed by atoms with E-state index in [0.717, 1.165) is 16.5 Å². The number of fused-ring (bicyclic) bond motifs is 1. The van der Waals surface area contributed by atoms with E-state index in [-0.39, 0.29) is 5.41 Å². The zero-order chi connectivity index (χ0) is 15.0. The highest BCUT2D eigenvalue weighted by Gasteiger charge is 2.14. The standard InChI is InChI=1S/C18H17ClN2/c1-18(2,3)14-8-6-12(7-9-14)15-11-13-5-4-10-20-17(13)21-16(15)19/h4-11H,1-3H3. The predicted molar refractivity (Wildman–Crippen MR) is 88.7 cm³/mol. The maximum Gasteiger partial charge on any atom is 0.160 e. The minimum atomic E-state index is 0.147. The third-order valence-electron chi connectivity index (χ3n) is 3.60. The molecule has 1 aromatic carbocycles. The van der Waals surface area contributed by atoms with E-state index in [1.54, 1.807) is 6.20 Å². The van der Waals surface area contributed by atoms with Crippen LogP contribution in [0.4, 0.5) is 0 Å². The Labute approximate surface area is 129 Å². The molecule has 0 aliphatic carbocycles. The molecular weight excluding hydrogens is 280 g/mol. The summed E-state index contributed by atoms with van der Waals surface area (Å²) in [6, 6.07) is 14.5. The normalized spacial score (nSPS) is 11.8. The van der Waals surface area contributed by atoms with Gasteiger partial charge in [0.05, 0.1) is 0 Å². The van der Waals surface area contributed by atoms with Crippen molar-refractivity contribution in [3.63, 3.8) is 0 Å². The average molecular weight is 297 g/mol. The molecule has 0 aliphatic heterocycles. The first-order valence-electron chi connectivity index (χ1n) is 6.97. The lowest BCUT2D eigenvalue weighted by molar-refractivity contribution is 0.590. The fourth-order valence-corrected chi connectivity index (χ4v) is 2.58. The zero-order valence-electron chi connectivity index (χ0n) is 12.4. The van der Waals surface area contributed by atoms with E-state index in [1.165, 1.54) is 5.56 Å². The van der Waals surface area contributed by atoms with Gasteiger partial charge >= 0.3 is 0 Å². The highest BCUT2D eigenvalue weighted by Crippen LogP contribution is 2.31. The summed E-state index contributed by atoms with van der Waals surface area (Å²) in [7, 11) is 0. The highest BCUT2D eigenvalue weighted by molar-refractivity contribution is 6.32. The molecule has 3 aromatic rings. The number of nitrogens with zero attached hydrogens (tertiary/aromatic N) is 2. The topological polar surface area (TPSA) is 25.8 Å². The summed E-state index contributed by atoms with van der Waals surface area (Å²) in [4.78, 5) is 8.61. The summed E-state index contributed by atoms with van der Waals surface area (Å²) in [5.74, 6) is 0. The van der Waals surface area contributed by atoms with Crippen molar-refractivity contribution >= 4 is 22.6 Å². The van der Waals surface area contributed by atoms with Crippen LogP contribution in [-0.2, 0) is 5.41 Å². The number of halogens is 1. The zero-order valence-corrected chi connectivity index (χ0v) is 13.1. The molecule has 0 amide bonds. The molecule has 0 unspecified atom stereocenters. The van der Waals surface area contributed by atoms with E-state index in [0.29, 0.717) is 10.8 Å². The van der Waals surface area contributed by atoms with Gasteiger partial charge in [-0.1, -0.05) is 56.6 Å². The van der Waals surface area contributed by atoms with Crippen LogP contribution in [0.25, 0.3) is 22.2 Å². The van der Waals surface area contributed by atoms with Gasteiger partial charge in [-0.05, 0) is 34.7 Å². The lowest BCUT2D eigenvalue weighted by atomic mass is 9.86. The molecule has 0 saturated carbocycles. The third-order valence-corrected chi connectivity index (χ3v) is 3.89. The van der Waals surface area contributed by atoms with Crippen LogP contribution in [0.5, 0.6) is 0 Å². The van der Waals surface area contributed by atoms with E-state index >= 15 is 0 Å². The second kappa shape index (κ2) is 5.12. The van der Waals surface area contributed by atoms with Crippen LogP contribution in [-0.4, -0.2) is 9.97 Å². The highest BCUT2D eigenvalue weighted by atomic mass is 35.5. The fourth-order valence-electron chi connectivity index (χ4n) is 2.34. The van der Waals surface area contributed by atoms with Crippen LogP contribution in [0.1, 0.15) is 26.3 Å². The summed E-state index contributed by atoms with van der Waals surface area (Å²) in [6.07, 6.45) is 1.73. The molecule has 3 heteroatoms. The summed E-state index contributed by atoms with van der Waals surface area (Å²) in [5, 5.41) is 1.49. The summed E-state index contributed by atoms with van der Waals surface area (Å²) >= 11 is 6.32. The Hall–Kier alpha value is -1.93. The molecule has 21 heavy (non-hydrogen) atoms. The molecule has 0 saturated heterocycles. The molecule has 106 valence electrons. The maximum absolute atomic E-state index is 6.32. The Morgan fingerprint density at radius 1 is 1.00 bits per heavy atom. The Balaban J connectivity index is 2.09. The van der Waals surface area contributed by atoms with Crippen LogP contribution in [0, 0.1) is 0 Å². The van der Waals surface area contributed by atoms with E-state index in [9.17, 15) is 0 Å². The van der Waals surface area contributed by atoms with Crippen LogP contribution in [0.3, 0.4) is 0 Å². The lowest BCUT2D eigenvalue weighted by Crippen LogP contribution is -2.10. The number of rotatable bonds is 1. The Kier molecular flexibility index (Phi) is 3.42. The molecule has 0 N–H and O–H groups in total. The van der Waals surface area contributed by atoms with Gasteiger partial charge in [0.25, 0.3) is 0 Å². The molecule has 2 nitrogen and oxygen atoms in total. The monoisotopic (exact) mass is 296 g/mol. The third kappa shape index (κ3) is 2.77. The van der Waals surface area contributed by atoms with Gasteiger partial charge in [-0.25, -0.2) is 9.97 Å². The van der Waals surface area contributed by atoms with Crippen molar-refractivity contribution in [3.8, 4) is 11.1 Å². The molecule has 2 heterocycles. The molecule has 2 aromatic heterocycles.